The Morgan fingerprint density at radius 1 is 1.17 bits per heavy atom. The van der Waals surface area contributed by atoms with E-state index in [9.17, 15) is 9.59 Å². The van der Waals surface area contributed by atoms with Gasteiger partial charge in [0.1, 0.15) is 0 Å². The van der Waals surface area contributed by atoms with Gasteiger partial charge in [0, 0.05) is 48.5 Å². The van der Waals surface area contributed by atoms with E-state index in [1.165, 1.54) is 10.9 Å². The minimum Gasteiger partial charge on any atom is -0.354 e. The van der Waals surface area contributed by atoms with Gasteiger partial charge in [-0.15, -0.1) is 0 Å². The summed E-state index contributed by atoms with van der Waals surface area (Å²) >= 11 is 0. The number of hydrogen-bond acceptors (Lipinski definition) is 3. The molecule has 1 atom stereocenters. The SMILES string of the molecule is Cc1cccc2c1ccn2CCNC(=O)[C@@H]1CC(=O)N(c2n[nH]c3ccccc23)C1. The highest BCUT2D eigenvalue weighted by molar-refractivity contribution is 6.05. The van der Waals surface area contributed by atoms with Crippen molar-refractivity contribution in [1.82, 2.24) is 20.1 Å². The van der Waals surface area contributed by atoms with Crippen molar-refractivity contribution in [2.24, 2.45) is 5.92 Å². The Labute approximate surface area is 173 Å². The first kappa shape index (κ1) is 18.4. The molecule has 0 spiro atoms. The number of carbonyl (C=O) groups is 2. The van der Waals surface area contributed by atoms with Crippen LogP contribution in [0.3, 0.4) is 0 Å². The maximum Gasteiger partial charge on any atom is 0.229 e. The number of rotatable bonds is 5. The molecule has 7 heteroatoms. The van der Waals surface area contributed by atoms with Gasteiger partial charge in [0.05, 0.1) is 11.4 Å². The van der Waals surface area contributed by atoms with Crippen LogP contribution in [0, 0.1) is 12.8 Å². The van der Waals surface area contributed by atoms with Gasteiger partial charge in [0.15, 0.2) is 5.82 Å². The number of para-hydroxylation sites is 1. The monoisotopic (exact) mass is 401 g/mol. The van der Waals surface area contributed by atoms with Gasteiger partial charge < -0.3 is 9.88 Å². The molecular formula is C23H23N5O2. The summed E-state index contributed by atoms with van der Waals surface area (Å²) in [5.74, 6) is 0.0781. The molecule has 1 saturated heterocycles. The van der Waals surface area contributed by atoms with Crippen molar-refractivity contribution >= 4 is 39.4 Å². The van der Waals surface area contributed by atoms with Crippen molar-refractivity contribution in [3.63, 3.8) is 0 Å². The van der Waals surface area contributed by atoms with Gasteiger partial charge in [-0.3, -0.25) is 19.6 Å². The van der Waals surface area contributed by atoms with Crippen molar-refractivity contribution in [2.45, 2.75) is 19.9 Å². The number of fused-ring (bicyclic) bond motifs is 2. The number of aryl methyl sites for hydroxylation is 1. The minimum atomic E-state index is -0.364. The second-order valence-corrected chi connectivity index (χ2v) is 7.81. The van der Waals surface area contributed by atoms with E-state index >= 15 is 0 Å². The Morgan fingerprint density at radius 3 is 2.93 bits per heavy atom. The summed E-state index contributed by atoms with van der Waals surface area (Å²) in [6.07, 6.45) is 2.26. The third-order valence-electron chi connectivity index (χ3n) is 5.89. The van der Waals surface area contributed by atoms with Crippen LogP contribution in [0.1, 0.15) is 12.0 Å². The first-order valence-corrected chi connectivity index (χ1v) is 10.2. The van der Waals surface area contributed by atoms with Crippen LogP contribution in [-0.2, 0) is 16.1 Å². The van der Waals surface area contributed by atoms with Crippen molar-refractivity contribution < 1.29 is 9.59 Å². The van der Waals surface area contributed by atoms with E-state index in [4.69, 9.17) is 0 Å². The molecule has 3 heterocycles. The predicted molar refractivity (Wildman–Crippen MR) is 116 cm³/mol. The molecule has 152 valence electrons. The fourth-order valence-corrected chi connectivity index (χ4v) is 4.26. The molecular weight excluding hydrogens is 378 g/mol. The predicted octanol–water partition coefficient (Wildman–Crippen LogP) is 3.00. The highest BCUT2D eigenvalue weighted by Crippen LogP contribution is 2.29. The average molecular weight is 401 g/mol. The van der Waals surface area contributed by atoms with Gasteiger partial charge in [0.25, 0.3) is 0 Å². The van der Waals surface area contributed by atoms with Crippen LogP contribution in [0.25, 0.3) is 21.8 Å². The molecule has 0 aliphatic carbocycles. The van der Waals surface area contributed by atoms with E-state index < -0.39 is 0 Å². The third kappa shape index (κ3) is 3.12. The zero-order valence-electron chi connectivity index (χ0n) is 16.8. The normalized spacial score (nSPS) is 16.6. The lowest BCUT2D eigenvalue weighted by molar-refractivity contribution is -0.126. The molecule has 0 radical (unpaired) electrons. The first-order chi connectivity index (χ1) is 14.6. The molecule has 0 saturated carbocycles. The highest BCUT2D eigenvalue weighted by Gasteiger charge is 2.36. The van der Waals surface area contributed by atoms with Crippen molar-refractivity contribution in [1.29, 1.82) is 0 Å². The molecule has 0 unspecified atom stereocenters. The zero-order chi connectivity index (χ0) is 20.7. The van der Waals surface area contributed by atoms with E-state index in [-0.39, 0.29) is 24.2 Å². The Hall–Kier alpha value is -3.61. The maximum absolute atomic E-state index is 12.7. The quantitative estimate of drug-likeness (QED) is 0.539. The van der Waals surface area contributed by atoms with Gasteiger partial charge in [-0.1, -0.05) is 24.3 Å². The van der Waals surface area contributed by atoms with Crippen LogP contribution in [0.2, 0.25) is 0 Å². The average Bonchev–Trinajstić information content (AvgIpc) is 3.45. The number of H-pyrrole nitrogens is 1. The Morgan fingerprint density at radius 2 is 2.03 bits per heavy atom. The number of carbonyl (C=O) groups excluding carboxylic acids is 2. The second-order valence-electron chi connectivity index (χ2n) is 7.81. The third-order valence-corrected chi connectivity index (χ3v) is 5.89. The maximum atomic E-state index is 12.7. The molecule has 2 N–H and O–H groups in total. The molecule has 30 heavy (non-hydrogen) atoms. The zero-order valence-corrected chi connectivity index (χ0v) is 16.8. The minimum absolute atomic E-state index is 0.0701. The van der Waals surface area contributed by atoms with Crippen LogP contribution in [-0.4, -0.2) is 39.7 Å². The van der Waals surface area contributed by atoms with Crippen molar-refractivity contribution in [3.8, 4) is 0 Å². The fraction of sp³-hybridized carbons (Fsp3) is 0.261. The number of amides is 2. The lowest BCUT2D eigenvalue weighted by Gasteiger charge is -2.14. The largest absolute Gasteiger partial charge is 0.354 e. The molecule has 0 bridgehead atoms. The van der Waals surface area contributed by atoms with Gasteiger partial charge >= 0.3 is 0 Å². The number of benzene rings is 2. The number of hydrogen-bond donors (Lipinski definition) is 2. The van der Waals surface area contributed by atoms with E-state index in [0.29, 0.717) is 25.5 Å². The lowest BCUT2D eigenvalue weighted by Crippen LogP contribution is -2.34. The van der Waals surface area contributed by atoms with E-state index in [0.717, 1.165) is 16.4 Å². The molecule has 2 aromatic carbocycles. The summed E-state index contributed by atoms with van der Waals surface area (Å²) in [5, 5.41) is 12.4. The van der Waals surface area contributed by atoms with E-state index in [1.807, 2.05) is 36.5 Å². The summed E-state index contributed by atoms with van der Waals surface area (Å²) in [6.45, 7) is 3.66. The summed E-state index contributed by atoms with van der Waals surface area (Å²) in [4.78, 5) is 26.9. The Bertz CT molecular complexity index is 1250. The molecule has 1 aliphatic heterocycles. The van der Waals surface area contributed by atoms with Gasteiger partial charge in [-0.25, -0.2) is 0 Å². The molecule has 2 aromatic heterocycles. The molecule has 2 amide bonds. The van der Waals surface area contributed by atoms with Crippen LogP contribution in [0.4, 0.5) is 5.82 Å². The molecule has 1 fully saturated rings. The lowest BCUT2D eigenvalue weighted by atomic mass is 10.1. The van der Waals surface area contributed by atoms with Gasteiger partial charge in [0.2, 0.25) is 11.8 Å². The summed E-state index contributed by atoms with van der Waals surface area (Å²) in [6, 6.07) is 16.0. The van der Waals surface area contributed by atoms with Gasteiger partial charge in [-0.05, 0) is 36.8 Å². The first-order valence-electron chi connectivity index (χ1n) is 10.2. The van der Waals surface area contributed by atoms with Gasteiger partial charge in [-0.2, -0.15) is 5.10 Å². The van der Waals surface area contributed by atoms with E-state index in [2.05, 4.69) is 45.2 Å². The number of aromatic amines is 1. The molecule has 5 rings (SSSR count). The fourth-order valence-electron chi connectivity index (χ4n) is 4.26. The number of nitrogens with zero attached hydrogens (tertiary/aromatic N) is 3. The summed E-state index contributed by atoms with van der Waals surface area (Å²) in [7, 11) is 0. The van der Waals surface area contributed by atoms with Crippen molar-refractivity contribution in [3.05, 3.63) is 60.3 Å². The molecule has 7 nitrogen and oxygen atoms in total. The number of nitrogens with one attached hydrogen (secondary N) is 2. The topological polar surface area (TPSA) is 83.0 Å². The van der Waals surface area contributed by atoms with Crippen LogP contribution in [0.15, 0.2) is 54.7 Å². The second kappa shape index (κ2) is 7.33. The van der Waals surface area contributed by atoms with Crippen molar-refractivity contribution in [2.75, 3.05) is 18.0 Å². The summed E-state index contributed by atoms with van der Waals surface area (Å²) in [5.41, 5.74) is 3.28. The van der Waals surface area contributed by atoms with Crippen LogP contribution >= 0.6 is 0 Å². The molecule has 4 aromatic rings. The number of anilines is 1. The Kier molecular flexibility index (Phi) is 4.50. The highest BCUT2D eigenvalue weighted by atomic mass is 16.2. The smallest absolute Gasteiger partial charge is 0.229 e. The number of aromatic nitrogens is 3. The summed E-state index contributed by atoms with van der Waals surface area (Å²) < 4.78 is 2.14. The van der Waals surface area contributed by atoms with Crippen LogP contribution in [0.5, 0.6) is 0 Å². The standard InChI is InChI=1S/C23H23N5O2/c1-15-5-4-8-20-17(15)9-11-27(20)12-10-24-23(30)16-13-21(29)28(14-16)22-18-6-2-3-7-19(18)25-26-22/h2-9,11,16H,10,12-14H2,1H3,(H,24,30)(H,25,26)/t16-/m1/s1. The van der Waals surface area contributed by atoms with Crippen LogP contribution < -0.4 is 10.2 Å². The molecule has 1 aliphatic rings. The van der Waals surface area contributed by atoms with E-state index in [1.54, 1.807) is 4.90 Å². The Balaban J connectivity index is 1.23.